The molecule has 2 aromatic heterocycles. The van der Waals surface area contributed by atoms with Crippen LogP contribution in [0.4, 0.5) is 0 Å². The molecule has 0 saturated carbocycles. The number of H-pyrrole nitrogens is 2. The van der Waals surface area contributed by atoms with Gasteiger partial charge in [-0.05, 0) is 13.8 Å². The zero-order chi connectivity index (χ0) is 23.3. The van der Waals surface area contributed by atoms with Gasteiger partial charge in [0, 0.05) is 25.2 Å². The van der Waals surface area contributed by atoms with E-state index in [2.05, 4.69) is 29.0 Å². The van der Waals surface area contributed by atoms with E-state index in [4.69, 9.17) is 19.6 Å². The second kappa shape index (κ2) is 10.3. The summed E-state index contributed by atoms with van der Waals surface area (Å²) < 4.78 is 29.4. The second-order valence-electron chi connectivity index (χ2n) is 5.95. The standard InChI is InChI=1S/2C7H11N2O5P/c2*1-4-6(3-14-15(11,12)13)9-7(8-4)5(2)10/h2*3H2,1-2H3,(H,8,9)(H2,11,12,13). The van der Waals surface area contributed by atoms with Crippen LogP contribution in [0.25, 0.3) is 0 Å². The van der Waals surface area contributed by atoms with Crippen molar-refractivity contribution >= 4 is 27.2 Å². The Morgan fingerprint density at radius 3 is 1.30 bits per heavy atom. The van der Waals surface area contributed by atoms with Gasteiger partial charge in [0.25, 0.3) is 0 Å². The third kappa shape index (κ3) is 9.20. The Morgan fingerprint density at radius 2 is 1.10 bits per heavy atom. The molecule has 0 fully saturated rings. The molecule has 0 spiro atoms. The maximum atomic E-state index is 10.9. The molecule has 30 heavy (non-hydrogen) atoms. The van der Waals surface area contributed by atoms with Crippen LogP contribution in [0.3, 0.4) is 0 Å². The number of carbonyl (C=O) groups excluding carboxylic acids is 2. The number of nitrogens with one attached hydrogen (secondary N) is 2. The van der Waals surface area contributed by atoms with Crippen LogP contribution >= 0.6 is 15.6 Å². The van der Waals surface area contributed by atoms with Gasteiger partial charge >= 0.3 is 15.6 Å². The molecule has 0 aromatic carbocycles. The van der Waals surface area contributed by atoms with Gasteiger partial charge in [-0.1, -0.05) is 0 Å². The van der Waals surface area contributed by atoms with Crippen molar-refractivity contribution in [2.45, 2.75) is 40.9 Å². The molecule has 0 aliphatic rings. The summed E-state index contributed by atoms with van der Waals surface area (Å²) in [6.45, 7) is 5.28. The molecule has 0 unspecified atom stereocenters. The molecule has 16 heteroatoms. The Labute approximate surface area is 170 Å². The minimum atomic E-state index is -4.50. The molecule has 168 valence electrons. The third-order valence-electron chi connectivity index (χ3n) is 3.38. The fourth-order valence-electron chi connectivity index (χ4n) is 1.90. The SMILES string of the molecule is CC(=O)c1nc(COP(=O)(O)O)c(C)[nH]1.CC(=O)c1nc(COP(=O)(O)O)c(C)[nH]1. The Kier molecular flexibility index (Phi) is 8.96. The largest absolute Gasteiger partial charge is 0.469 e. The summed E-state index contributed by atoms with van der Waals surface area (Å²) in [6, 6.07) is 0. The first-order valence-corrected chi connectivity index (χ1v) is 11.2. The van der Waals surface area contributed by atoms with E-state index in [9.17, 15) is 18.7 Å². The highest BCUT2D eigenvalue weighted by Gasteiger charge is 2.18. The molecule has 6 N–H and O–H groups in total. The van der Waals surface area contributed by atoms with E-state index in [1.54, 1.807) is 13.8 Å². The number of hydrogen-bond donors (Lipinski definition) is 6. The first-order valence-electron chi connectivity index (χ1n) is 8.12. The zero-order valence-corrected chi connectivity index (χ0v) is 18.2. The van der Waals surface area contributed by atoms with E-state index in [-0.39, 0.29) is 36.4 Å². The molecule has 2 rings (SSSR count). The van der Waals surface area contributed by atoms with Gasteiger partial charge in [0.05, 0.1) is 11.4 Å². The predicted molar refractivity (Wildman–Crippen MR) is 100 cm³/mol. The molecule has 0 bridgehead atoms. The topological polar surface area (TPSA) is 225 Å². The van der Waals surface area contributed by atoms with Gasteiger partial charge in [-0.3, -0.25) is 18.6 Å². The van der Waals surface area contributed by atoms with Crippen LogP contribution in [0.1, 0.15) is 57.9 Å². The molecule has 0 saturated heterocycles. The van der Waals surface area contributed by atoms with Crippen LogP contribution in [0.15, 0.2) is 0 Å². The lowest BCUT2D eigenvalue weighted by Crippen LogP contribution is -1.96. The summed E-state index contributed by atoms with van der Waals surface area (Å²) in [5, 5.41) is 0. The first kappa shape index (κ1) is 26.0. The van der Waals surface area contributed by atoms with E-state index < -0.39 is 15.6 Å². The van der Waals surface area contributed by atoms with Crippen LogP contribution in [-0.4, -0.2) is 51.1 Å². The number of nitrogens with zero attached hydrogens (tertiary/aromatic N) is 2. The number of aromatic amines is 2. The summed E-state index contributed by atoms with van der Waals surface area (Å²) in [5.74, 6) is -0.199. The molecular weight excluding hydrogens is 446 g/mol. The summed E-state index contributed by atoms with van der Waals surface area (Å²) in [7, 11) is -9.01. The van der Waals surface area contributed by atoms with E-state index in [0.29, 0.717) is 22.8 Å². The fourth-order valence-corrected chi connectivity index (χ4v) is 2.48. The number of phosphoric ester groups is 2. The average Bonchev–Trinajstić information content (AvgIpc) is 3.13. The molecule has 2 heterocycles. The molecule has 0 radical (unpaired) electrons. The van der Waals surface area contributed by atoms with Crippen molar-refractivity contribution in [2.24, 2.45) is 0 Å². The molecule has 0 atom stereocenters. The fraction of sp³-hybridized carbons (Fsp3) is 0.429. The average molecular weight is 468 g/mol. The van der Waals surface area contributed by atoms with Crippen molar-refractivity contribution in [3.8, 4) is 0 Å². The van der Waals surface area contributed by atoms with Crippen molar-refractivity contribution in [3.63, 3.8) is 0 Å². The Balaban J connectivity index is 0.000000300. The molecule has 0 amide bonds. The first-order chi connectivity index (χ1) is 13.6. The number of phosphoric acid groups is 2. The van der Waals surface area contributed by atoms with Gasteiger partial charge in [0.2, 0.25) is 0 Å². The Morgan fingerprint density at radius 1 is 0.800 bits per heavy atom. The number of carbonyl (C=O) groups is 2. The van der Waals surface area contributed by atoms with Crippen molar-refractivity contribution in [1.82, 2.24) is 19.9 Å². The van der Waals surface area contributed by atoms with Gasteiger partial charge in [-0.25, -0.2) is 19.1 Å². The summed E-state index contributed by atoms with van der Waals surface area (Å²) >= 11 is 0. The maximum absolute atomic E-state index is 10.9. The minimum Gasteiger partial charge on any atom is -0.339 e. The van der Waals surface area contributed by atoms with Crippen molar-refractivity contribution in [1.29, 1.82) is 0 Å². The third-order valence-corrected chi connectivity index (χ3v) is 4.31. The van der Waals surface area contributed by atoms with Gasteiger partial charge in [0.15, 0.2) is 23.2 Å². The summed E-state index contributed by atoms with van der Waals surface area (Å²) in [6.07, 6.45) is 0. The molecule has 2 aromatic rings. The van der Waals surface area contributed by atoms with Crippen LogP contribution in [0.2, 0.25) is 0 Å². The van der Waals surface area contributed by atoms with Crippen LogP contribution in [-0.2, 0) is 31.4 Å². The number of rotatable bonds is 8. The highest BCUT2D eigenvalue weighted by molar-refractivity contribution is 7.46. The molecule has 14 nitrogen and oxygen atoms in total. The lowest BCUT2D eigenvalue weighted by atomic mass is 10.4. The predicted octanol–water partition coefficient (Wildman–Crippen LogP) is 1.06. The Hall–Kier alpha value is -2.02. The van der Waals surface area contributed by atoms with Crippen molar-refractivity contribution < 1.29 is 47.3 Å². The maximum Gasteiger partial charge on any atom is 0.469 e. The summed E-state index contributed by atoms with van der Waals surface area (Å²) in [5.41, 5.74) is 1.72. The smallest absolute Gasteiger partial charge is 0.339 e. The molecular formula is C14H22N4O10P2. The normalized spacial score (nSPS) is 11.7. The lowest BCUT2D eigenvalue weighted by molar-refractivity contribution is 0.0996. The van der Waals surface area contributed by atoms with Gasteiger partial charge < -0.3 is 29.5 Å². The molecule has 0 aliphatic carbocycles. The van der Waals surface area contributed by atoms with Crippen LogP contribution < -0.4 is 0 Å². The number of hydrogen-bond acceptors (Lipinski definition) is 8. The quantitative estimate of drug-likeness (QED) is 0.236. The monoisotopic (exact) mass is 468 g/mol. The number of ketones is 2. The lowest BCUT2D eigenvalue weighted by Gasteiger charge is -2.02. The van der Waals surface area contributed by atoms with Gasteiger partial charge in [-0.2, -0.15) is 0 Å². The summed E-state index contributed by atoms with van der Waals surface area (Å²) in [4.78, 5) is 68.8. The zero-order valence-electron chi connectivity index (χ0n) is 16.4. The minimum absolute atomic E-state index is 0.150. The van der Waals surface area contributed by atoms with E-state index in [1.165, 1.54) is 13.8 Å². The number of aryl methyl sites for hydroxylation is 2. The van der Waals surface area contributed by atoms with Crippen molar-refractivity contribution in [2.75, 3.05) is 0 Å². The van der Waals surface area contributed by atoms with Gasteiger partial charge in [-0.15, -0.1) is 0 Å². The van der Waals surface area contributed by atoms with Crippen LogP contribution in [0, 0.1) is 13.8 Å². The highest BCUT2D eigenvalue weighted by atomic mass is 31.2. The van der Waals surface area contributed by atoms with Crippen molar-refractivity contribution in [3.05, 3.63) is 34.4 Å². The Bertz CT molecular complexity index is 922. The second-order valence-corrected chi connectivity index (χ2v) is 8.43. The number of imidazole rings is 2. The number of Topliss-reactive ketones (excluding diaryl/α,β-unsaturated/α-hetero) is 2. The van der Waals surface area contributed by atoms with E-state index in [0.717, 1.165) is 0 Å². The highest BCUT2D eigenvalue weighted by Crippen LogP contribution is 2.37. The van der Waals surface area contributed by atoms with Gasteiger partial charge in [0.1, 0.15) is 13.2 Å². The van der Waals surface area contributed by atoms with E-state index in [1.807, 2.05) is 0 Å². The molecule has 0 aliphatic heterocycles. The van der Waals surface area contributed by atoms with E-state index >= 15 is 0 Å². The van der Waals surface area contributed by atoms with Crippen LogP contribution in [0.5, 0.6) is 0 Å². The number of aromatic nitrogens is 4.